The van der Waals surface area contributed by atoms with Gasteiger partial charge >= 0.3 is 6.03 Å². The molecule has 62 heavy (non-hydrogen) atoms. The summed E-state index contributed by atoms with van der Waals surface area (Å²) in [6, 6.07) is 8.25. The van der Waals surface area contributed by atoms with Crippen molar-refractivity contribution in [2.24, 2.45) is 0 Å². The van der Waals surface area contributed by atoms with E-state index in [0.717, 1.165) is 18.6 Å². The van der Waals surface area contributed by atoms with Crippen molar-refractivity contribution in [2.45, 2.75) is 135 Å². The lowest BCUT2D eigenvalue weighted by Crippen LogP contribution is -2.66. The summed E-state index contributed by atoms with van der Waals surface area (Å²) < 4.78 is 28.6. The van der Waals surface area contributed by atoms with Gasteiger partial charge in [-0.2, -0.15) is 11.8 Å². The van der Waals surface area contributed by atoms with Crippen molar-refractivity contribution < 1.29 is 84.3 Å². The van der Waals surface area contributed by atoms with E-state index in [2.05, 4.69) is 22.5 Å². The summed E-state index contributed by atoms with van der Waals surface area (Å²) in [7, 11) is 0. The number of carbonyl (C=O) groups is 2. The molecule has 0 radical (unpaired) electrons. The lowest BCUT2D eigenvalue weighted by molar-refractivity contribution is -0.388. The molecule has 1 unspecified atom stereocenters. The number of aliphatic hydroxyl groups is 10. The number of ether oxygens (including phenoxy) is 5. The van der Waals surface area contributed by atoms with E-state index in [4.69, 9.17) is 23.7 Å². The van der Waals surface area contributed by atoms with Gasteiger partial charge in [-0.1, -0.05) is 36.5 Å². The fraction of sp³-hybridized carbons (Fsp3) is 0.750. The lowest BCUT2D eigenvalue weighted by atomic mass is 9.92. The number of nitrogens with zero attached hydrogens (tertiary/aromatic N) is 2. The number of hydrogen-bond donors (Lipinski definition) is 12. The van der Waals surface area contributed by atoms with E-state index in [0.29, 0.717) is 49.8 Å². The standard InChI is InChI=1S/C40H58N4O17S/c45-16-23-29(49)36(55)40(19-46,60-23)61-38-34(54)30(50)28(48)24(58-38)17-57-37-33(53)31(51)32(52)35(59-37)22(11-10-20-6-2-1-3-7-20)43-12-14-44(15-13-43)26(47)9-5-4-8-25-27-21(18-62-25)41-39(56)42-27/h1-3,6-7,21-25,27-38,45-46,48-55H,4-5,8-9,12-19H2,(H2,41,42,56)/t21-,22?,23+,24+,25-,27-,28+,29+,30-,31-,32+,33+,34+,35+,36-,37-,38+,40-/m0/s1. The molecule has 1 aromatic rings. The maximum atomic E-state index is 13.3. The summed E-state index contributed by atoms with van der Waals surface area (Å²) in [6.07, 6.45) is -19.7. The Balaban J connectivity index is 0.981. The number of nitrogens with one attached hydrogen (secondary N) is 2. The first kappa shape index (κ1) is 47.2. The van der Waals surface area contributed by atoms with E-state index >= 15 is 0 Å². The second-order valence-corrected chi connectivity index (χ2v) is 17.8. The van der Waals surface area contributed by atoms with Gasteiger partial charge in [-0.05, 0) is 25.0 Å². The SMILES string of the molecule is O=C1N[C@H]2[C@H](CS[C@H]2CCCCC(=O)N2CCN(C(C#Cc3ccccc3)[C@H]3O[C@H](OC[C@H]4O[C@H](O[C@]5(CO)O[C@H](CO)[C@@H](O)[C@@H]5O)[C@H](O)[C@@H](O)[C@@H]4O)[C@H](O)[C@@H](O)[C@H]3O)CC2)N1. The molecule has 6 saturated heterocycles. The fourth-order valence-corrected chi connectivity index (χ4v) is 10.4. The van der Waals surface area contributed by atoms with Crippen LogP contribution in [0.2, 0.25) is 0 Å². The van der Waals surface area contributed by atoms with Crippen LogP contribution in [0.25, 0.3) is 0 Å². The van der Waals surface area contributed by atoms with Crippen LogP contribution in [0.15, 0.2) is 30.3 Å². The first-order valence-electron chi connectivity index (χ1n) is 21.0. The summed E-state index contributed by atoms with van der Waals surface area (Å²) in [5.41, 5.74) is 0.656. The number of thioether (sulfide) groups is 1. The van der Waals surface area contributed by atoms with Crippen molar-refractivity contribution in [3.05, 3.63) is 35.9 Å². The van der Waals surface area contributed by atoms with Crippen LogP contribution in [0.5, 0.6) is 0 Å². The van der Waals surface area contributed by atoms with Crippen LogP contribution in [0.1, 0.15) is 31.2 Å². The Morgan fingerprint density at radius 2 is 1.56 bits per heavy atom. The van der Waals surface area contributed by atoms with Gasteiger partial charge in [-0.15, -0.1) is 0 Å². The lowest BCUT2D eigenvalue weighted by Gasteiger charge is -2.47. The predicted molar refractivity (Wildman–Crippen MR) is 213 cm³/mol. The zero-order chi connectivity index (χ0) is 44.3. The Bertz CT molecular complexity index is 1720. The van der Waals surface area contributed by atoms with Gasteiger partial charge in [-0.25, -0.2) is 4.79 Å². The van der Waals surface area contributed by atoms with Crippen LogP contribution in [-0.2, 0) is 28.5 Å². The monoisotopic (exact) mass is 898 g/mol. The molecule has 6 fully saturated rings. The number of rotatable bonds is 14. The average Bonchev–Trinajstić information content (AvgIpc) is 3.92. The number of fused-ring (bicyclic) bond motifs is 1. The molecule has 22 heteroatoms. The zero-order valence-corrected chi connectivity index (χ0v) is 34.6. The van der Waals surface area contributed by atoms with Gasteiger partial charge in [-0.3, -0.25) is 9.69 Å². The molecule has 0 aliphatic carbocycles. The summed E-state index contributed by atoms with van der Waals surface area (Å²) in [5.74, 6) is 4.71. The largest absolute Gasteiger partial charge is 0.394 e. The summed E-state index contributed by atoms with van der Waals surface area (Å²) in [4.78, 5) is 28.7. The Hall–Kier alpha value is -2.77. The maximum Gasteiger partial charge on any atom is 0.315 e. The van der Waals surface area contributed by atoms with Gasteiger partial charge in [0.15, 0.2) is 12.6 Å². The Labute approximate surface area is 361 Å². The van der Waals surface area contributed by atoms with Crippen molar-refractivity contribution in [1.82, 2.24) is 20.4 Å². The summed E-state index contributed by atoms with van der Waals surface area (Å²) >= 11 is 1.83. The number of piperazine rings is 1. The molecule has 18 atom stereocenters. The molecule has 0 aromatic heterocycles. The van der Waals surface area contributed by atoms with Crippen LogP contribution in [0.4, 0.5) is 4.79 Å². The third-order valence-corrected chi connectivity index (χ3v) is 14.0. The number of urea groups is 1. The van der Waals surface area contributed by atoms with Gasteiger partial charge in [0.2, 0.25) is 11.7 Å². The molecule has 6 aliphatic heterocycles. The highest BCUT2D eigenvalue weighted by molar-refractivity contribution is 8.00. The van der Waals surface area contributed by atoms with Gasteiger partial charge in [0.1, 0.15) is 79.8 Å². The molecule has 346 valence electrons. The summed E-state index contributed by atoms with van der Waals surface area (Å²) in [6.45, 7) is -1.15. The van der Waals surface area contributed by atoms with E-state index < -0.39 is 111 Å². The number of aliphatic hydroxyl groups excluding tert-OH is 10. The van der Waals surface area contributed by atoms with E-state index in [1.54, 1.807) is 29.2 Å². The van der Waals surface area contributed by atoms with Gasteiger partial charge < -0.3 is 90.3 Å². The van der Waals surface area contributed by atoms with Crippen LogP contribution in [0.3, 0.4) is 0 Å². The Morgan fingerprint density at radius 3 is 2.26 bits per heavy atom. The highest BCUT2D eigenvalue weighted by Crippen LogP contribution is 2.37. The second-order valence-electron chi connectivity index (χ2n) is 16.5. The molecule has 6 heterocycles. The highest BCUT2D eigenvalue weighted by Gasteiger charge is 2.59. The smallest absolute Gasteiger partial charge is 0.315 e. The first-order chi connectivity index (χ1) is 29.7. The van der Waals surface area contributed by atoms with Crippen molar-refractivity contribution >= 4 is 23.7 Å². The maximum absolute atomic E-state index is 13.3. The zero-order valence-electron chi connectivity index (χ0n) is 33.8. The third kappa shape index (κ3) is 10.0. The minimum Gasteiger partial charge on any atom is -0.394 e. The van der Waals surface area contributed by atoms with Crippen molar-refractivity contribution in [3.63, 3.8) is 0 Å². The van der Waals surface area contributed by atoms with Crippen LogP contribution < -0.4 is 10.6 Å². The number of benzene rings is 1. The van der Waals surface area contributed by atoms with Gasteiger partial charge in [0.05, 0.1) is 25.3 Å². The summed E-state index contributed by atoms with van der Waals surface area (Å²) in [5, 5.41) is 112. The van der Waals surface area contributed by atoms with E-state index in [1.165, 1.54) is 0 Å². The van der Waals surface area contributed by atoms with Gasteiger partial charge in [0, 0.05) is 49.2 Å². The molecule has 6 aliphatic rings. The normalized spacial score (nSPS) is 41.5. The predicted octanol–water partition coefficient (Wildman–Crippen LogP) is -5.27. The molecular weight excluding hydrogens is 841 g/mol. The Kier molecular flexibility index (Phi) is 15.7. The van der Waals surface area contributed by atoms with Crippen LogP contribution in [0, 0.1) is 11.8 Å². The van der Waals surface area contributed by atoms with E-state index in [9.17, 15) is 60.7 Å². The third-order valence-electron chi connectivity index (χ3n) is 12.5. The minimum atomic E-state index is -2.41. The Morgan fingerprint density at radius 1 is 0.855 bits per heavy atom. The van der Waals surface area contributed by atoms with Crippen LogP contribution >= 0.6 is 11.8 Å². The van der Waals surface area contributed by atoms with E-state index in [-0.39, 0.29) is 24.0 Å². The molecule has 0 saturated carbocycles. The van der Waals surface area contributed by atoms with E-state index in [1.807, 2.05) is 22.7 Å². The molecule has 21 nitrogen and oxygen atoms in total. The molecular formula is C40H58N4O17S. The number of amides is 3. The highest BCUT2D eigenvalue weighted by atomic mass is 32.2. The van der Waals surface area contributed by atoms with Crippen molar-refractivity contribution in [2.75, 3.05) is 51.8 Å². The molecule has 0 spiro atoms. The molecule has 7 rings (SSSR count). The number of unbranched alkanes of at least 4 members (excludes halogenated alkanes) is 1. The second kappa shape index (κ2) is 20.6. The van der Waals surface area contributed by atoms with Crippen LogP contribution in [-0.4, -0.2) is 233 Å². The van der Waals surface area contributed by atoms with Crippen molar-refractivity contribution in [1.29, 1.82) is 0 Å². The number of carbonyl (C=O) groups excluding carboxylic acids is 2. The average molecular weight is 899 g/mol. The molecule has 1 aromatic carbocycles. The fourth-order valence-electron chi connectivity index (χ4n) is 8.81. The number of hydrogen-bond acceptors (Lipinski definition) is 19. The molecule has 3 amide bonds. The van der Waals surface area contributed by atoms with Gasteiger partial charge in [0.25, 0.3) is 0 Å². The molecule has 0 bridgehead atoms. The quantitative estimate of drug-likeness (QED) is 0.0472. The minimum absolute atomic E-state index is 0.00753. The molecule has 12 N–H and O–H groups in total. The topological polar surface area (TPSA) is 313 Å². The van der Waals surface area contributed by atoms with Crippen molar-refractivity contribution in [3.8, 4) is 11.8 Å². The first-order valence-corrected chi connectivity index (χ1v) is 22.0.